The highest BCUT2D eigenvalue weighted by molar-refractivity contribution is 5.48. The molecule has 1 aromatic heterocycles. The summed E-state index contributed by atoms with van der Waals surface area (Å²) in [5.74, 6) is 2.69. The van der Waals surface area contributed by atoms with Gasteiger partial charge in [0, 0.05) is 37.9 Å². The summed E-state index contributed by atoms with van der Waals surface area (Å²) in [4.78, 5) is 6.88. The van der Waals surface area contributed by atoms with Crippen LogP contribution in [0.5, 0.6) is 11.5 Å². The van der Waals surface area contributed by atoms with E-state index in [0.717, 1.165) is 61.2 Å². The van der Waals surface area contributed by atoms with Crippen molar-refractivity contribution in [3.05, 3.63) is 47.7 Å². The number of pyridine rings is 1. The molecule has 1 saturated heterocycles. The number of ether oxygens (including phenoxy) is 3. The number of fused-ring (bicyclic) bond motifs is 1. The lowest BCUT2D eigenvalue weighted by molar-refractivity contribution is 0.0529. The Labute approximate surface area is 147 Å². The number of anilines is 1. The van der Waals surface area contributed by atoms with E-state index in [1.165, 1.54) is 0 Å². The van der Waals surface area contributed by atoms with E-state index < -0.39 is 0 Å². The first-order chi connectivity index (χ1) is 12.3. The van der Waals surface area contributed by atoms with Crippen LogP contribution in [-0.2, 0) is 17.8 Å². The average Bonchev–Trinajstić information content (AvgIpc) is 3.12. The molecule has 6 nitrogen and oxygen atoms in total. The van der Waals surface area contributed by atoms with Crippen molar-refractivity contribution in [1.29, 1.82) is 0 Å². The van der Waals surface area contributed by atoms with Crippen LogP contribution in [0.4, 0.5) is 5.82 Å². The molecule has 4 rings (SSSR count). The molecule has 0 unspecified atom stereocenters. The first kappa shape index (κ1) is 16.2. The van der Waals surface area contributed by atoms with Gasteiger partial charge in [0.05, 0.1) is 12.7 Å². The van der Waals surface area contributed by atoms with Gasteiger partial charge in [-0.3, -0.25) is 0 Å². The molecule has 0 spiro atoms. The van der Waals surface area contributed by atoms with Crippen molar-refractivity contribution < 1.29 is 14.2 Å². The lowest BCUT2D eigenvalue weighted by Crippen LogP contribution is -2.41. The first-order valence-electron chi connectivity index (χ1n) is 8.69. The van der Waals surface area contributed by atoms with E-state index in [1.807, 2.05) is 18.3 Å². The molecule has 3 heterocycles. The topological polar surface area (TPSA) is 55.9 Å². The Morgan fingerprint density at radius 1 is 1.20 bits per heavy atom. The van der Waals surface area contributed by atoms with Gasteiger partial charge in [-0.25, -0.2) is 4.98 Å². The van der Waals surface area contributed by atoms with Gasteiger partial charge in [0.1, 0.15) is 5.82 Å². The summed E-state index contributed by atoms with van der Waals surface area (Å²) in [5.41, 5.74) is 2.27. The SMILES string of the molecule is C[C@@H]1CN(c2ccc(CNCc3cccc4c3OCO4)cn2)CCO1. The quantitative estimate of drug-likeness (QED) is 0.901. The third-order valence-electron chi connectivity index (χ3n) is 4.50. The third kappa shape index (κ3) is 3.70. The molecular formula is C19H23N3O3. The number of nitrogens with one attached hydrogen (secondary N) is 1. The van der Waals surface area contributed by atoms with Crippen LogP contribution in [0, 0.1) is 0 Å². The molecule has 1 fully saturated rings. The predicted molar refractivity (Wildman–Crippen MR) is 95.0 cm³/mol. The summed E-state index contributed by atoms with van der Waals surface area (Å²) in [7, 11) is 0. The minimum atomic E-state index is 0.260. The highest BCUT2D eigenvalue weighted by Gasteiger charge is 2.18. The number of rotatable bonds is 5. The molecule has 0 bridgehead atoms. The van der Waals surface area contributed by atoms with E-state index in [2.05, 4.69) is 40.3 Å². The summed E-state index contributed by atoms with van der Waals surface area (Å²) in [5, 5.41) is 3.44. The lowest BCUT2D eigenvalue weighted by atomic mass is 10.2. The summed E-state index contributed by atoms with van der Waals surface area (Å²) in [6, 6.07) is 10.2. The molecule has 25 heavy (non-hydrogen) atoms. The average molecular weight is 341 g/mol. The van der Waals surface area contributed by atoms with Gasteiger partial charge in [0.25, 0.3) is 0 Å². The Kier molecular flexibility index (Phi) is 4.72. The van der Waals surface area contributed by atoms with Gasteiger partial charge in [-0.1, -0.05) is 18.2 Å². The number of hydrogen-bond acceptors (Lipinski definition) is 6. The fraction of sp³-hybridized carbons (Fsp3) is 0.421. The minimum absolute atomic E-state index is 0.260. The Hall–Kier alpha value is -2.31. The molecule has 6 heteroatoms. The molecule has 0 aliphatic carbocycles. The van der Waals surface area contributed by atoms with E-state index >= 15 is 0 Å². The van der Waals surface area contributed by atoms with Crippen molar-refractivity contribution in [2.24, 2.45) is 0 Å². The van der Waals surface area contributed by atoms with Gasteiger partial charge >= 0.3 is 0 Å². The highest BCUT2D eigenvalue weighted by Crippen LogP contribution is 2.35. The number of para-hydroxylation sites is 1. The van der Waals surface area contributed by atoms with Gasteiger partial charge in [0.15, 0.2) is 11.5 Å². The minimum Gasteiger partial charge on any atom is -0.454 e. The largest absolute Gasteiger partial charge is 0.454 e. The maximum atomic E-state index is 5.58. The maximum Gasteiger partial charge on any atom is 0.231 e. The molecule has 1 atom stereocenters. The Morgan fingerprint density at radius 2 is 2.16 bits per heavy atom. The first-order valence-corrected chi connectivity index (χ1v) is 8.69. The van der Waals surface area contributed by atoms with Crippen molar-refractivity contribution in [1.82, 2.24) is 10.3 Å². The lowest BCUT2D eigenvalue weighted by Gasteiger charge is -2.32. The van der Waals surface area contributed by atoms with Gasteiger partial charge in [-0.05, 0) is 24.6 Å². The summed E-state index contributed by atoms with van der Waals surface area (Å²) in [6.07, 6.45) is 2.20. The molecule has 132 valence electrons. The van der Waals surface area contributed by atoms with E-state index in [1.54, 1.807) is 0 Å². The van der Waals surface area contributed by atoms with Gasteiger partial charge in [-0.15, -0.1) is 0 Å². The van der Waals surface area contributed by atoms with E-state index in [-0.39, 0.29) is 6.10 Å². The number of hydrogen-bond donors (Lipinski definition) is 1. The van der Waals surface area contributed by atoms with Crippen LogP contribution >= 0.6 is 0 Å². The zero-order valence-electron chi connectivity index (χ0n) is 14.4. The van der Waals surface area contributed by atoms with Crippen LogP contribution in [0.25, 0.3) is 0 Å². The molecule has 2 aliphatic rings. The fourth-order valence-corrected chi connectivity index (χ4v) is 3.21. The second kappa shape index (κ2) is 7.29. The van der Waals surface area contributed by atoms with Crippen LogP contribution in [0.15, 0.2) is 36.5 Å². The van der Waals surface area contributed by atoms with Crippen LogP contribution in [0.2, 0.25) is 0 Å². The molecular weight excluding hydrogens is 318 g/mol. The standard InChI is InChI=1S/C19H23N3O3/c1-14-12-22(7-8-23-14)18-6-5-15(10-21-18)9-20-11-16-3-2-4-17-19(16)25-13-24-17/h2-6,10,14,20H,7-9,11-13H2,1H3/t14-/m1/s1. The van der Waals surface area contributed by atoms with Crippen molar-refractivity contribution in [3.8, 4) is 11.5 Å². The monoisotopic (exact) mass is 341 g/mol. The Balaban J connectivity index is 1.32. The second-order valence-corrected chi connectivity index (χ2v) is 6.41. The Morgan fingerprint density at radius 3 is 3.00 bits per heavy atom. The van der Waals surface area contributed by atoms with E-state index in [9.17, 15) is 0 Å². The predicted octanol–water partition coefficient (Wildman–Crippen LogP) is 2.33. The molecule has 2 aromatic rings. The third-order valence-corrected chi connectivity index (χ3v) is 4.50. The fourth-order valence-electron chi connectivity index (χ4n) is 3.21. The number of morpholine rings is 1. The van der Waals surface area contributed by atoms with Crippen molar-refractivity contribution in [2.75, 3.05) is 31.4 Å². The molecule has 1 N–H and O–H groups in total. The zero-order valence-corrected chi connectivity index (χ0v) is 14.4. The summed E-state index contributed by atoms with van der Waals surface area (Å²) < 4.78 is 16.5. The van der Waals surface area contributed by atoms with Crippen molar-refractivity contribution >= 4 is 5.82 Å². The number of benzene rings is 1. The molecule has 1 aromatic carbocycles. The zero-order chi connectivity index (χ0) is 17.1. The maximum absolute atomic E-state index is 5.58. The molecule has 0 saturated carbocycles. The van der Waals surface area contributed by atoms with E-state index in [0.29, 0.717) is 6.79 Å². The molecule has 0 radical (unpaired) electrons. The van der Waals surface area contributed by atoms with Gasteiger partial charge in [-0.2, -0.15) is 0 Å². The van der Waals surface area contributed by atoms with Gasteiger partial charge in [0.2, 0.25) is 6.79 Å². The van der Waals surface area contributed by atoms with Crippen LogP contribution in [-0.4, -0.2) is 37.6 Å². The van der Waals surface area contributed by atoms with Crippen molar-refractivity contribution in [3.63, 3.8) is 0 Å². The highest BCUT2D eigenvalue weighted by atomic mass is 16.7. The second-order valence-electron chi connectivity index (χ2n) is 6.41. The molecule has 2 aliphatic heterocycles. The number of aromatic nitrogens is 1. The van der Waals surface area contributed by atoms with E-state index in [4.69, 9.17) is 14.2 Å². The van der Waals surface area contributed by atoms with Crippen LogP contribution in [0.3, 0.4) is 0 Å². The van der Waals surface area contributed by atoms with Crippen LogP contribution < -0.4 is 19.7 Å². The van der Waals surface area contributed by atoms with Crippen LogP contribution in [0.1, 0.15) is 18.1 Å². The normalized spacial score (nSPS) is 19.2. The number of nitrogens with zero attached hydrogens (tertiary/aromatic N) is 2. The molecule has 0 amide bonds. The smallest absolute Gasteiger partial charge is 0.231 e. The summed E-state index contributed by atoms with van der Waals surface area (Å²) in [6.45, 7) is 6.45. The Bertz CT molecular complexity index is 720. The van der Waals surface area contributed by atoms with Crippen molar-refractivity contribution in [2.45, 2.75) is 26.1 Å². The van der Waals surface area contributed by atoms with Gasteiger partial charge < -0.3 is 24.4 Å². The summed E-state index contributed by atoms with van der Waals surface area (Å²) >= 11 is 0.